The van der Waals surface area contributed by atoms with Crippen LogP contribution in [-0.4, -0.2) is 105 Å². The van der Waals surface area contributed by atoms with Crippen LogP contribution in [0.1, 0.15) is 79.5 Å². The molecule has 2 rings (SSSR count). The number of benzene rings is 2. The molecule has 16 nitrogen and oxygen atoms in total. The SMILES string of the molecule is COC(=O)C(C)Cc1ccc(OCCNC(=O)OC(C)(C)C)c(-c2cc(C(C(=O)N[C@@H](C)C(C)=O)N(C)C(=O)CN)ccc2OCCNC(=O)OC(C)(C)C)c1. The number of ether oxygens (including phenoxy) is 5. The van der Waals surface area contributed by atoms with Crippen LogP contribution in [0, 0.1) is 5.92 Å². The van der Waals surface area contributed by atoms with Crippen LogP contribution in [-0.2, 0) is 39.8 Å². The maximum Gasteiger partial charge on any atom is 0.407 e. The lowest BCUT2D eigenvalue weighted by Crippen LogP contribution is -2.47. The predicted octanol–water partition coefficient (Wildman–Crippen LogP) is 4.06. The number of hydrogen-bond donors (Lipinski definition) is 4. The van der Waals surface area contributed by atoms with Gasteiger partial charge in [0.25, 0.3) is 0 Å². The summed E-state index contributed by atoms with van der Waals surface area (Å²) < 4.78 is 28.0. The molecule has 4 amide bonds. The smallest absolute Gasteiger partial charge is 0.407 e. The number of esters is 1. The molecule has 0 radical (unpaired) electrons. The van der Waals surface area contributed by atoms with Gasteiger partial charge in [-0.05, 0) is 97.2 Å². The van der Waals surface area contributed by atoms with Crippen LogP contribution in [0.5, 0.6) is 11.5 Å². The number of alkyl carbamates (subject to hydrolysis) is 2. The molecule has 2 unspecified atom stereocenters. The van der Waals surface area contributed by atoms with Crippen molar-refractivity contribution in [2.24, 2.45) is 11.7 Å². The number of rotatable bonds is 18. The van der Waals surface area contributed by atoms with Crippen molar-refractivity contribution in [2.75, 3.05) is 47.0 Å². The molecule has 0 bridgehead atoms. The Kier molecular flexibility index (Phi) is 17.6. The second-order valence-electron chi connectivity index (χ2n) is 15.2. The van der Waals surface area contributed by atoms with E-state index in [0.29, 0.717) is 34.6 Å². The lowest BCUT2D eigenvalue weighted by atomic mass is 9.93. The third-order valence-electron chi connectivity index (χ3n) is 8.03. The highest BCUT2D eigenvalue weighted by Gasteiger charge is 2.31. The van der Waals surface area contributed by atoms with E-state index >= 15 is 0 Å². The van der Waals surface area contributed by atoms with Crippen molar-refractivity contribution in [3.8, 4) is 22.6 Å². The summed E-state index contributed by atoms with van der Waals surface area (Å²) in [6.07, 6.45) is -0.935. The topological polar surface area (TPSA) is 214 Å². The Morgan fingerprint density at radius 3 is 1.75 bits per heavy atom. The lowest BCUT2D eigenvalue weighted by Gasteiger charge is -2.29. The molecule has 0 spiro atoms. The third-order valence-corrected chi connectivity index (χ3v) is 8.03. The summed E-state index contributed by atoms with van der Waals surface area (Å²) in [7, 11) is 2.75. The second kappa shape index (κ2) is 21.1. The summed E-state index contributed by atoms with van der Waals surface area (Å²) in [4.78, 5) is 77.0. The first kappa shape index (κ1) is 46.8. The summed E-state index contributed by atoms with van der Waals surface area (Å²) in [5, 5.41) is 7.99. The van der Waals surface area contributed by atoms with Gasteiger partial charge in [-0.25, -0.2) is 9.59 Å². The Labute approximate surface area is 329 Å². The van der Waals surface area contributed by atoms with Crippen LogP contribution < -0.4 is 31.2 Å². The first-order valence-electron chi connectivity index (χ1n) is 18.4. The highest BCUT2D eigenvalue weighted by atomic mass is 16.6. The molecule has 0 heterocycles. The summed E-state index contributed by atoms with van der Waals surface area (Å²) >= 11 is 0. The van der Waals surface area contributed by atoms with Gasteiger partial charge in [0.1, 0.15) is 42.0 Å². The predicted molar refractivity (Wildman–Crippen MR) is 209 cm³/mol. The Bertz CT molecular complexity index is 1700. The summed E-state index contributed by atoms with van der Waals surface area (Å²) in [5.74, 6) is -1.65. The van der Waals surface area contributed by atoms with E-state index in [1.54, 1.807) is 78.8 Å². The van der Waals surface area contributed by atoms with E-state index in [1.165, 1.54) is 32.9 Å². The molecule has 2 aromatic carbocycles. The normalized spacial score (nSPS) is 12.9. The van der Waals surface area contributed by atoms with Crippen molar-refractivity contribution in [1.29, 1.82) is 0 Å². The first-order valence-corrected chi connectivity index (χ1v) is 18.4. The molecule has 2 aromatic rings. The molecular formula is C40H59N5O11. The lowest BCUT2D eigenvalue weighted by molar-refractivity contribution is -0.144. The van der Waals surface area contributed by atoms with Gasteiger partial charge in [-0.2, -0.15) is 0 Å². The molecule has 16 heteroatoms. The minimum atomic E-state index is -1.22. The van der Waals surface area contributed by atoms with Crippen LogP contribution in [0.2, 0.25) is 0 Å². The van der Waals surface area contributed by atoms with E-state index in [2.05, 4.69) is 16.0 Å². The second-order valence-corrected chi connectivity index (χ2v) is 15.2. The van der Waals surface area contributed by atoms with E-state index in [-0.39, 0.29) is 38.6 Å². The van der Waals surface area contributed by atoms with E-state index in [0.717, 1.165) is 5.56 Å². The minimum Gasteiger partial charge on any atom is -0.491 e. The molecule has 0 saturated heterocycles. The number of Topliss-reactive ketones (excluding diaryl/α,β-unsaturated/α-hetero) is 1. The minimum absolute atomic E-state index is 0.00621. The fourth-order valence-electron chi connectivity index (χ4n) is 5.22. The molecule has 0 aliphatic carbocycles. The van der Waals surface area contributed by atoms with Gasteiger partial charge in [0.15, 0.2) is 5.78 Å². The highest BCUT2D eigenvalue weighted by Crippen LogP contribution is 2.40. The van der Waals surface area contributed by atoms with Gasteiger partial charge in [-0.15, -0.1) is 0 Å². The molecule has 0 aromatic heterocycles. The van der Waals surface area contributed by atoms with Crippen molar-refractivity contribution < 1.29 is 52.5 Å². The van der Waals surface area contributed by atoms with Crippen molar-refractivity contribution in [3.05, 3.63) is 47.5 Å². The van der Waals surface area contributed by atoms with E-state index in [9.17, 15) is 28.8 Å². The number of nitrogens with two attached hydrogens (primary N) is 1. The van der Waals surface area contributed by atoms with E-state index in [4.69, 9.17) is 29.4 Å². The molecule has 3 atom stereocenters. The van der Waals surface area contributed by atoms with Gasteiger partial charge >= 0.3 is 18.2 Å². The zero-order valence-corrected chi connectivity index (χ0v) is 34.5. The van der Waals surface area contributed by atoms with E-state index in [1.807, 2.05) is 6.07 Å². The van der Waals surface area contributed by atoms with Crippen molar-refractivity contribution in [2.45, 2.75) is 92.0 Å². The van der Waals surface area contributed by atoms with Crippen molar-refractivity contribution in [3.63, 3.8) is 0 Å². The highest BCUT2D eigenvalue weighted by molar-refractivity contribution is 5.93. The quantitative estimate of drug-likeness (QED) is 0.0957. The summed E-state index contributed by atoms with van der Waals surface area (Å²) in [6, 6.07) is 8.14. The molecule has 56 heavy (non-hydrogen) atoms. The van der Waals surface area contributed by atoms with Gasteiger partial charge in [0, 0.05) is 18.2 Å². The van der Waals surface area contributed by atoms with Gasteiger partial charge in [0.2, 0.25) is 11.8 Å². The number of nitrogens with one attached hydrogen (secondary N) is 3. The monoisotopic (exact) mass is 785 g/mol. The number of nitrogens with zero attached hydrogens (tertiary/aromatic N) is 1. The number of carbonyl (C=O) groups is 6. The number of ketones is 1. The fraction of sp³-hybridized carbons (Fsp3) is 0.550. The van der Waals surface area contributed by atoms with Crippen LogP contribution in [0.15, 0.2) is 36.4 Å². The zero-order valence-electron chi connectivity index (χ0n) is 34.5. The van der Waals surface area contributed by atoms with Gasteiger partial charge < -0.3 is 50.3 Å². The molecule has 0 aliphatic rings. The number of carbonyl (C=O) groups excluding carboxylic acids is 6. The maximum atomic E-state index is 13.8. The summed E-state index contributed by atoms with van der Waals surface area (Å²) in [6.45, 7) is 14.9. The molecule has 5 N–H and O–H groups in total. The Hall–Kier alpha value is -5.38. The molecule has 0 fully saturated rings. The van der Waals surface area contributed by atoms with Crippen LogP contribution >= 0.6 is 0 Å². The maximum absolute atomic E-state index is 13.8. The van der Waals surface area contributed by atoms with Crippen molar-refractivity contribution >= 4 is 35.8 Å². The van der Waals surface area contributed by atoms with Gasteiger partial charge in [-0.1, -0.05) is 19.1 Å². The molecular weight excluding hydrogens is 726 g/mol. The fourth-order valence-corrected chi connectivity index (χ4v) is 5.22. The van der Waals surface area contributed by atoms with Crippen LogP contribution in [0.3, 0.4) is 0 Å². The number of likely N-dealkylation sites (N-methyl/N-ethyl adjacent to an activating group) is 1. The van der Waals surface area contributed by atoms with Crippen molar-refractivity contribution in [1.82, 2.24) is 20.9 Å². The molecule has 0 aliphatic heterocycles. The number of amides is 4. The van der Waals surface area contributed by atoms with Gasteiger partial charge in [-0.3, -0.25) is 19.2 Å². The van der Waals surface area contributed by atoms with E-state index < -0.39 is 59.2 Å². The number of methoxy groups -OCH3 is 1. The van der Waals surface area contributed by atoms with Crippen LogP contribution in [0.4, 0.5) is 9.59 Å². The van der Waals surface area contributed by atoms with Gasteiger partial charge in [0.05, 0.1) is 38.7 Å². The number of hydrogen-bond acceptors (Lipinski definition) is 12. The Morgan fingerprint density at radius 1 is 0.786 bits per heavy atom. The Morgan fingerprint density at radius 2 is 1.29 bits per heavy atom. The average molecular weight is 786 g/mol. The molecule has 310 valence electrons. The third kappa shape index (κ3) is 15.4. The van der Waals surface area contributed by atoms with Crippen LogP contribution in [0.25, 0.3) is 11.1 Å². The first-order chi connectivity index (χ1) is 26.1. The standard InChI is InChI=1S/C40H59N5O11/c1-24(36(49)52-11)20-27-12-14-31(53-18-16-42-37(50)55-39(4,5)6)29(21-27)30-22-28(13-15-32(30)54-19-17-43-38(51)56-40(7,8)9)34(45(10)33(47)23-41)35(48)44-25(2)26(3)46/h12-15,21-22,24-25,34H,16-20,23,41H2,1-11H3,(H,42,50)(H,43,51)(H,44,48)/t24?,25-,34?/m0/s1. The summed E-state index contributed by atoms with van der Waals surface area (Å²) in [5.41, 5.74) is 6.30. The largest absolute Gasteiger partial charge is 0.491 e. The molecule has 0 saturated carbocycles. The Balaban J connectivity index is 2.73. The zero-order chi connectivity index (χ0) is 42.4. The average Bonchev–Trinajstić information content (AvgIpc) is 3.10.